The number of esters is 1. The summed E-state index contributed by atoms with van der Waals surface area (Å²) in [6, 6.07) is 20.0. The molecule has 4 atom stereocenters. The average Bonchev–Trinajstić information content (AvgIpc) is 3.25. The third kappa shape index (κ3) is 5.43. The zero-order chi connectivity index (χ0) is 30.4. The van der Waals surface area contributed by atoms with Crippen molar-refractivity contribution in [1.29, 1.82) is 0 Å². The van der Waals surface area contributed by atoms with Crippen LogP contribution in [0.2, 0.25) is 10.0 Å². The van der Waals surface area contributed by atoms with Gasteiger partial charge in [-0.3, -0.25) is 19.3 Å². The number of Topliss-reactive ketones (excluding diaryl/α,β-unsaturated/α-hetero) is 1. The molecule has 43 heavy (non-hydrogen) atoms. The summed E-state index contributed by atoms with van der Waals surface area (Å²) in [7, 11) is 0. The summed E-state index contributed by atoms with van der Waals surface area (Å²) in [5, 5.41) is 1.32. The van der Waals surface area contributed by atoms with Crippen LogP contribution in [-0.2, 0) is 14.3 Å². The second kappa shape index (κ2) is 11.5. The van der Waals surface area contributed by atoms with Crippen molar-refractivity contribution in [3.05, 3.63) is 94.0 Å². The van der Waals surface area contributed by atoms with Crippen LogP contribution in [0.1, 0.15) is 53.8 Å². The van der Waals surface area contributed by atoms with E-state index >= 15 is 0 Å². The van der Waals surface area contributed by atoms with Crippen LogP contribution in [0.25, 0.3) is 22.2 Å². The van der Waals surface area contributed by atoms with Gasteiger partial charge in [0.2, 0.25) is 17.6 Å². The van der Waals surface area contributed by atoms with Crippen LogP contribution in [0.5, 0.6) is 0 Å². The van der Waals surface area contributed by atoms with Crippen molar-refractivity contribution in [2.24, 2.45) is 17.8 Å². The Labute approximate surface area is 258 Å². The van der Waals surface area contributed by atoms with Gasteiger partial charge >= 0.3 is 5.97 Å². The predicted molar refractivity (Wildman–Crippen MR) is 165 cm³/mol. The summed E-state index contributed by atoms with van der Waals surface area (Å²) in [6.07, 6.45) is 1.35. The topological polar surface area (TPSA) is 93.6 Å². The van der Waals surface area contributed by atoms with Gasteiger partial charge in [0.1, 0.15) is 0 Å². The van der Waals surface area contributed by atoms with Gasteiger partial charge in [-0.25, -0.2) is 9.78 Å². The number of para-hydroxylation sites is 1. The SMILES string of the molecule is CC1CCC2C(=O)N(c3ccc(-c4cc(C(=O)OC(C)C(=O)c5ccc(Cl)cc5)c5cccc(Cl)c5n4)cc3)C(=O)C2C1. The van der Waals surface area contributed by atoms with E-state index in [2.05, 4.69) is 6.92 Å². The van der Waals surface area contributed by atoms with Crippen molar-refractivity contribution < 1.29 is 23.9 Å². The van der Waals surface area contributed by atoms with Crippen molar-refractivity contribution in [1.82, 2.24) is 4.98 Å². The number of nitrogens with zero attached hydrogens (tertiary/aromatic N) is 2. The molecule has 0 N–H and O–H groups in total. The number of carbonyl (C=O) groups is 4. The van der Waals surface area contributed by atoms with E-state index in [0.717, 1.165) is 19.3 Å². The van der Waals surface area contributed by atoms with E-state index in [0.29, 0.717) is 49.4 Å². The summed E-state index contributed by atoms with van der Waals surface area (Å²) in [6.45, 7) is 3.64. The molecule has 6 rings (SSSR count). The molecule has 0 spiro atoms. The summed E-state index contributed by atoms with van der Waals surface area (Å²) < 4.78 is 5.61. The molecule has 218 valence electrons. The van der Waals surface area contributed by atoms with Crippen molar-refractivity contribution in [2.75, 3.05) is 4.90 Å². The molecule has 2 heterocycles. The lowest BCUT2D eigenvalue weighted by Crippen LogP contribution is -2.30. The number of aromatic nitrogens is 1. The number of ether oxygens (including phenoxy) is 1. The lowest BCUT2D eigenvalue weighted by Gasteiger charge is -2.25. The number of hydrogen-bond acceptors (Lipinski definition) is 6. The van der Waals surface area contributed by atoms with Crippen LogP contribution < -0.4 is 4.90 Å². The predicted octanol–water partition coefficient (Wildman–Crippen LogP) is 7.56. The van der Waals surface area contributed by atoms with Gasteiger partial charge in [0, 0.05) is 21.5 Å². The number of carbonyl (C=O) groups excluding carboxylic acids is 4. The highest BCUT2D eigenvalue weighted by molar-refractivity contribution is 6.35. The first kappa shape index (κ1) is 29.0. The molecule has 7 nitrogen and oxygen atoms in total. The van der Waals surface area contributed by atoms with E-state index in [4.69, 9.17) is 32.9 Å². The maximum atomic E-state index is 13.5. The van der Waals surface area contributed by atoms with Crippen molar-refractivity contribution in [2.45, 2.75) is 39.2 Å². The van der Waals surface area contributed by atoms with Gasteiger partial charge in [0.25, 0.3) is 0 Å². The van der Waals surface area contributed by atoms with Gasteiger partial charge in [-0.1, -0.05) is 54.4 Å². The summed E-state index contributed by atoms with van der Waals surface area (Å²) in [5.74, 6) is -1.44. The highest BCUT2D eigenvalue weighted by atomic mass is 35.5. The number of imide groups is 1. The fourth-order valence-electron chi connectivity index (χ4n) is 6.08. The molecule has 1 aliphatic carbocycles. The Bertz CT molecular complexity index is 1770. The summed E-state index contributed by atoms with van der Waals surface area (Å²) in [5.41, 5.74) is 2.57. The number of amides is 2. The smallest absolute Gasteiger partial charge is 0.339 e. The Kier molecular flexibility index (Phi) is 7.79. The second-order valence-corrected chi connectivity index (χ2v) is 12.1. The lowest BCUT2D eigenvalue weighted by atomic mass is 9.76. The van der Waals surface area contributed by atoms with Gasteiger partial charge in [-0.2, -0.15) is 0 Å². The number of hydrogen-bond donors (Lipinski definition) is 0. The zero-order valence-corrected chi connectivity index (χ0v) is 25.1. The molecule has 2 amide bonds. The molecule has 4 unspecified atom stereocenters. The lowest BCUT2D eigenvalue weighted by molar-refractivity contribution is -0.122. The monoisotopic (exact) mass is 614 g/mol. The molecular weight excluding hydrogens is 587 g/mol. The number of benzene rings is 3. The number of ketones is 1. The van der Waals surface area contributed by atoms with Crippen LogP contribution in [-0.4, -0.2) is 34.7 Å². The Balaban J connectivity index is 1.30. The molecule has 0 radical (unpaired) electrons. The van der Waals surface area contributed by atoms with Crippen LogP contribution in [0, 0.1) is 17.8 Å². The van der Waals surface area contributed by atoms with Crippen LogP contribution in [0.4, 0.5) is 5.69 Å². The van der Waals surface area contributed by atoms with E-state index < -0.39 is 12.1 Å². The van der Waals surface area contributed by atoms with E-state index in [-0.39, 0.29) is 35.0 Å². The molecule has 1 aromatic heterocycles. The minimum atomic E-state index is -1.05. The van der Waals surface area contributed by atoms with Crippen molar-refractivity contribution in [3.8, 4) is 11.3 Å². The second-order valence-electron chi connectivity index (χ2n) is 11.3. The first-order valence-corrected chi connectivity index (χ1v) is 15.0. The van der Waals surface area contributed by atoms with Gasteiger partial charge in [-0.15, -0.1) is 0 Å². The molecule has 4 aromatic rings. The fraction of sp³-hybridized carbons (Fsp3) is 0.265. The highest BCUT2D eigenvalue weighted by Gasteiger charge is 2.49. The fourth-order valence-corrected chi connectivity index (χ4v) is 6.42. The number of halogens is 2. The summed E-state index contributed by atoms with van der Waals surface area (Å²) >= 11 is 12.4. The molecule has 3 aromatic carbocycles. The molecule has 1 aliphatic heterocycles. The first-order valence-electron chi connectivity index (χ1n) is 14.2. The summed E-state index contributed by atoms with van der Waals surface area (Å²) in [4.78, 5) is 58.7. The largest absolute Gasteiger partial charge is 0.451 e. The highest BCUT2D eigenvalue weighted by Crippen LogP contribution is 2.42. The van der Waals surface area contributed by atoms with Crippen LogP contribution >= 0.6 is 23.2 Å². The van der Waals surface area contributed by atoms with Gasteiger partial charge in [0.05, 0.1) is 39.3 Å². The van der Waals surface area contributed by atoms with E-state index in [1.165, 1.54) is 11.8 Å². The normalized spacial score (nSPS) is 20.7. The molecule has 1 saturated carbocycles. The molecule has 0 bridgehead atoms. The molecule has 1 saturated heterocycles. The third-order valence-electron chi connectivity index (χ3n) is 8.40. The van der Waals surface area contributed by atoms with Gasteiger partial charge in [0.15, 0.2) is 6.10 Å². The Morgan fingerprint density at radius 2 is 1.63 bits per heavy atom. The van der Waals surface area contributed by atoms with Crippen molar-refractivity contribution >= 4 is 63.4 Å². The van der Waals surface area contributed by atoms with E-state index in [1.807, 2.05) is 0 Å². The Morgan fingerprint density at radius 1 is 0.930 bits per heavy atom. The standard InChI is InChI=1S/C34H28Cl2N2O5/c1-18-6-15-25-26(16-18)33(41)38(32(25)40)23-13-9-20(10-14-23)29-17-27(24-4-3-5-28(36)30(24)37-29)34(42)43-19(2)31(39)21-7-11-22(35)12-8-21/h3-5,7-14,17-19,25-26H,6,15-16H2,1-2H3. The average molecular weight is 616 g/mol. The maximum absolute atomic E-state index is 13.5. The minimum absolute atomic E-state index is 0.141. The number of rotatable bonds is 6. The third-order valence-corrected chi connectivity index (χ3v) is 8.96. The zero-order valence-electron chi connectivity index (χ0n) is 23.6. The quantitative estimate of drug-likeness (QED) is 0.126. The minimum Gasteiger partial charge on any atom is -0.451 e. The number of pyridine rings is 1. The van der Waals surface area contributed by atoms with Gasteiger partial charge < -0.3 is 4.74 Å². The Hall–Kier alpha value is -4.07. The molecule has 9 heteroatoms. The Morgan fingerprint density at radius 3 is 2.35 bits per heavy atom. The molecule has 2 fully saturated rings. The van der Waals surface area contributed by atoms with Crippen LogP contribution in [0.3, 0.4) is 0 Å². The van der Waals surface area contributed by atoms with Crippen molar-refractivity contribution in [3.63, 3.8) is 0 Å². The van der Waals surface area contributed by atoms with Gasteiger partial charge in [-0.05, 0) is 80.6 Å². The number of fused-ring (bicyclic) bond motifs is 2. The number of anilines is 1. The van der Waals surface area contributed by atoms with E-state index in [1.54, 1.807) is 72.8 Å². The van der Waals surface area contributed by atoms with E-state index in [9.17, 15) is 19.2 Å². The maximum Gasteiger partial charge on any atom is 0.339 e. The molecule has 2 aliphatic rings. The molecular formula is C34H28Cl2N2O5. The van der Waals surface area contributed by atoms with Crippen LogP contribution in [0.15, 0.2) is 72.8 Å². The first-order chi connectivity index (χ1) is 20.6.